The van der Waals surface area contributed by atoms with Crippen LogP contribution in [0.4, 0.5) is 0 Å². The summed E-state index contributed by atoms with van der Waals surface area (Å²) < 4.78 is 27.4. The fourth-order valence-electron chi connectivity index (χ4n) is 3.97. The van der Waals surface area contributed by atoms with Gasteiger partial charge in [0.25, 0.3) is 10.0 Å². The van der Waals surface area contributed by atoms with Crippen LogP contribution in [0.1, 0.15) is 50.3 Å². The molecule has 0 radical (unpaired) electrons. The number of likely N-dealkylation sites (tertiary alicyclic amines) is 1. The summed E-state index contributed by atoms with van der Waals surface area (Å²) in [5, 5.41) is 0. The van der Waals surface area contributed by atoms with Gasteiger partial charge in [0.2, 0.25) is 5.91 Å². The Morgan fingerprint density at radius 1 is 1.16 bits per heavy atom. The van der Waals surface area contributed by atoms with Gasteiger partial charge in [-0.3, -0.25) is 4.79 Å². The van der Waals surface area contributed by atoms with Crippen molar-refractivity contribution >= 4 is 27.3 Å². The van der Waals surface area contributed by atoms with Crippen molar-refractivity contribution in [3.63, 3.8) is 0 Å². The Labute approximate surface area is 155 Å². The van der Waals surface area contributed by atoms with E-state index in [1.54, 1.807) is 10.4 Å². The summed E-state index contributed by atoms with van der Waals surface area (Å²) in [5.74, 6) is 0.222. The molecule has 1 unspecified atom stereocenters. The molecule has 2 aliphatic heterocycles. The summed E-state index contributed by atoms with van der Waals surface area (Å²) in [4.78, 5) is 16.0. The Balaban J connectivity index is 1.62. The van der Waals surface area contributed by atoms with Gasteiger partial charge in [0.1, 0.15) is 4.21 Å². The minimum Gasteiger partial charge on any atom is -0.339 e. The molecule has 2 fully saturated rings. The maximum absolute atomic E-state index is 12.9. The third-order valence-corrected chi connectivity index (χ3v) is 8.86. The molecule has 0 N–H and O–H groups in total. The average molecular weight is 385 g/mol. The van der Waals surface area contributed by atoms with Crippen LogP contribution < -0.4 is 0 Å². The van der Waals surface area contributed by atoms with Crippen molar-refractivity contribution in [3.8, 4) is 0 Å². The second kappa shape index (κ2) is 7.76. The minimum absolute atomic E-state index is 0.0244. The summed E-state index contributed by atoms with van der Waals surface area (Å²) >= 11 is 1.32. The molecule has 3 rings (SSSR count). The quantitative estimate of drug-likeness (QED) is 0.801. The maximum atomic E-state index is 12.9. The van der Waals surface area contributed by atoms with Gasteiger partial charge >= 0.3 is 0 Å². The zero-order chi connectivity index (χ0) is 18.0. The van der Waals surface area contributed by atoms with Gasteiger partial charge in [0, 0.05) is 36.5 Å². The van der Waals surface area contributed by atoms with Gasteiger partial charge in [-0.2, -0.15) is 4.31 Å². The first-order chi connectivity index (χ1) is 11.9. The van der Waals surface area contributed by atoms with E-state index < -0.39 is 10.0 Å². The zero-order valence-corrected chi connectivity index (χ0v) is 16.7. The van der Waals surface area contributed by atoms with Gasteiger partial charge in [-0.25, -0.2) is 8.42 Å². The number of hydrogen-bond acceptors (Lipinski definition) is 4. The molecule has 3 heterocycles. The molecule has 2 saturated heterocycles. The van der Waals surface area contributed by atoms with Crippen LogP contribution in [0, 0.1) is 12.8 Å². The predicted octanol–water partition coefficient (Wildman–Crippen LogP) is 3.25. The van der Waals surface area contributed by atoms with Crippen molar-refractivity contribution in [1.82, 2.24) is 9.21 Å². The molecule has 0 bridgehead atoms. The first-order valence-corrected chi connectivity index (χ1v) is 11.6. The van der Waals surface area contributed by atoms with E-state index in [1.165, 1.54) is 17.8 Å². The summed E-state index contributed by atoms with van der Waals surface area (Å²) in [6.45, 7) is 5.82. The molecule has 0 spiro atoms. The van der Waals surface area contributed by atoms with Gasteiger partial charge in [0.15, 0.2) is 0 Å². The second-order valence-corrected chi connectivity index (χ2v) is 10.6. The van der Waals surface area contributed by atoms with Crippen molar-refractivity contribution in [3.05, 3.63) is 17.0 Å². The molecular weight excluding hydrogens is 356 g/mol. The lowest BCUT2D eigenvalue weighted by molar-refractivity contribution is -0.140. The van der Waals surface area contributed by atoms with Gasteiger partial charge in [-0.1, -0.05) is 6.92 Å². The molecule has 1 aromatic rings. The lowest BCUT2D eigenvalue weighted by Gasteiger charge is -2.39. The largest absolute Gasteiger partial charge is 0.339 e. The van der Waals surface area contributed by atoms with Crippen LogP contribution in [-0.2, 0) is 14.8 Å². The summed E-state index contributed by atoms with van der Waals surface area (Å²) in [7, 11) is -3.40. The third-order valence-electron chi connectivity index (χ3n) is 5.49. The van der Waals surface area contributed by atoms with Crippen molar-refractivity contribution in [2.24, 2.45) is 5.92 Å². The number of rotatable bonds is 4. The van der Waals surface area contributed by atoms with Gasteiger partial charge in [-0.15, -0.1) is 11.3 Å². The van der Waals surface area contributed by atoms with Gasteiger partial charge in [0.05, 0.1) is 0 Å². The average Bonchev–Trinajstić information content (AvgIpc) is 3.08. The zero-order valence-electron chi connectivity index (χ0n) is 15.1. The molecule has 0 aromatic carbocycles. The van der Waals surface area contributed by atoms with Crippen LogP contribution in [-0.4, -0.2) is 49.2 Å². The standard InChI is InChI=1S/C18H28N2O3S2/c1-3-16-6-4-5-11-20(16)18(21)15-9-12-19(13-10-15)25(22,23)17-8-7-14(2)24-17/h7-8,15-16H,3-6,9-13H2,1-2H3. The highest BCUT2D eigenvalue weighted by atomic mass is 32.2. The predicted molar refractivity (Wildman–Crippen MR) is 100 cm³/mol. The topological polar surface area (TPSA) is 57.7 Å². The van der Waals surface area contributed by atoms with Crippen LogP contribution in [0.5, 0.6) is 0 Å². The number of carbonyl (C=O) groups is 1. The maximum Gasteiger partial charge on any atom is 0.252 e. The molecule has 1 atom stereocenters. The number of carbonyl (C=O) groups excluding carboxylic acids is 1. The molecular formula is C18H28N2O3S2. The number of amides is 1. The molecule has 1 aromatic heterocycles. The highest BCUT2D eigenvalue weighted by Crippen LogP contribution is 2.30. The monoisotopic (exact) mass is 384 g/mol. The van der Waals surface area contributed by atoms with Crippen LogP contribution in [0.15, 0.2) is 16.3 Å². The summed E-state index contributed by atoms with van der Waals surface area (Å²) in [6, 6.07) is 3.90. The fourth-order valence-corrected chi connectivity index (χ4v) is 6.88. The highest BCUT2D eigenvalue weighted by molar-refractivity contribution is 7.91. The number of piperidine rings is 2. The number of aryl methyl sites for hydroxylation is 1. The lowest BCUT2D eigenvalue weighted by Crippen LogP contribution is -2.49. The van der Waals surface area contributed by atoms with E-state index in [4.69, 9.17) is 0 Å². The Kier molecular flexibility index (Phi) is 5.85. The Bertz CT molecular complexity index is 706. The van der Waals surface area contributed by atoms with Crippen molar-refractivity contribution in [2.75, 3.05) is 19.6 Å². The first-order valence-electron chi connectivity index (χ1n) is 9.30. The van der Waals surface area contributed by atoms with Crippen molar-refractivity contribution < 1.29 is 13.2 Å². The molecule has 1 amide bonds. The van der Waals surface area contributed by atoms with E-state index in [9.17, 15) is 13.2 Å². The molecule has 2 aliphatic rings. The van der Waals surface area contributed by atoms with Crippen molar-refractivity contribution in [2.45, 2.75) is 62.6 Å². The van der Waals surface area contributed by atoms with Crippen LogP contribution in [0.25, 0.3) is 0 Å². The Hall–Kier alpha value is -0.920. The number of thiophene rings is 1. The molecule has 5 nitrogen and oxygen atoms in total. The molecule has 25 heavy (non-hydrogen) atoms. The third kappa shape index (κ3) is 3.93. The summed E-state index contributed by atoms with van der Waals surface area (Å²) in [5.41, 5.74) is 0. The Morgan fingerprint density at radius 3 is 2.48 bits per heavy atom. The molecule has 0 aliphatic carbocycles. The number of sulfonamides is 1. The fraction of sp³-hybridized carbons (Fsp3) is 0.722. The smallest absolute Gasteiger partial charge is 0.252 e. The second-order valence-electron chi connectivity index (χ2n) is 7.13. The lowest BCUT2D eigenvalue weighted by atomic mass is 9.92. The molecule has 140 valence electrons. The number of hydrogen-bond donors (Lipinski definition) is 0. The van der Waals surface area contributed by atoms with Gasteiger partial charge < -0.3 is 4.90 Å². The normalized spacial score (nSPS) is 23.8. The molecule has 0 saturated carbocycles. The van der Waals surface area contributed by atoms with Gasteiger partial charge in [-0.05, 0) is 57.6 Å². The van der Waals surface area contributed by atoms with E-state index in [0.717, 1.165) is 30.7 Å². The minimum atomic E-state index is -3.40. The van der Waals surface area contributed by atoms with Crippen LogP contribution >= 0.6 is 11.3 Å². The van der Waals surface area contributed by atoms with Crippen LogP contribution in [0.2, 0.25) is 0 Å². The van der Waals surface area contributed by atoms with E-state index in [2.05, 4.69) is 11.8 Å². The van der Waals surface area contributed by atoms with E-state index in [0.29, 0.717) is 36.2 Å². The number of nitrogens with zero attached hydrogens (tertiary/aromatic N) is 2. The summed E-state index contributed by atoms with van der Waals surface area (Å²) in [6.07, 6.45) is 5.68. The van der Waals surface area contributed by atoms with Crippen LogP contribution in [0.3, 0.4) is 0 Å². The highest BCUT2D eigenvalue weighted by Gasteiger charge is 2.36. The first kappa shape index (κ1) is 18.9. The van der Waals surface area contributed by atoms with E-state index >= 15 is 0 Å². The molecule has 7 heteroatoms. The SMILES string of the molecule is CCC1CCCCN1C(=O)C1CCN(S(=O)(=O)c2ccc(C)s2)CC1. The van der Waals surface area contributed by atoms with Crippen molar-refractivity contribution in [1.29, 1.82) is 0 Å². The van der Waals surface area contributed by atoms with E-state index in [1.807, 2.05) is 13.0 Å². The van der Waals surface area contributed by atoms with E-state index in [-0.39, 0.29) is 11.8 Å². The Morgan fingerprint density at radius 2 is 1.88 bits per heavy atom.